The first-order valence-corrected chi connectivity index (χ1v) is 5.35. The van der Waals surface area contributed by atoms with Gasteiger partial charge in [0.15, 0.2) is 11.5 Å². The van der Waals surface area contributed by atoms with E-state index in [2.05, 4.69) is 20.7 Å². The van der Waals surface area contributed by atoms with Gasteiger partial charge < -0.3 is 19.9 Å². The van der Waals surface area contributed by atoms with E-state index in [1.165, 1.54) is 7.11 Å². The van der Waals surface area contributed by atoms with Crippen molar-refractivity contribution in [2.75, 3.05) is 13.9 Å². The fourth-order valence-corrected chi connectivity index (χ4v) is 1.99. The molecule has 1 heterocycles. The van der Waals surface area contributed by atoms with Crippen molar-refractivity contribution in [1.29, 1.82) is 0 Å². The quantitative estimate of drug-likeness (QED) is 0.832. The molecule has 5 nitrogen and oxygen atoms in total. The van der Waals surface area contributed by atoms with Gasteiger partial charge in [-0.25, -0.2) is 0 Å². The molecule has 1 aliphatic rings. The van der Waals surface area contributed by atoms with E-state index in [0.29, 0.717) is 21.5 Å². The van der Waals surface area contributed by atoms with Crippen LogP contribution in [0.15, 0.2) is 16.6 Å². The van der Waals surface area contributed by atoms with Crippen LogP contribution in [0.4, 0.5) is 0 Å². The third kappa shape index (κ3) is 1.85. The van der Waals surface area contributed by atoms with Crippen molar-refractivity contribution in [3.05, 3.63) is 22.2 Å². The number of rotatable bonds is 2. The molecule has 2 rings (SSSR count). The Morgan fingerprint density at radius 2 is 2.12 bits per heavy atom. The molecule has 0 radical (unpaired) electrons. The van der Waals surface area contributed by atoms with Gasteiger partial charge in [0.2, 0.25) is 6.79 Å². The molecule has 0 saturated heterocycles. The third-order valence-electron chi connectivity index (χ3n) is 2.28. The second-order valence-electron chi connectivity index (χ2n) is 3.23. The van der Waals surface area contributed by atoms with Gasteiger partial charge in [-0.05, 0) is 17.7 Å². The highest BCUT2D eigenvalue weighted by molar-refractivity contribution is 9.10. The van der Waals surface area contributed by atoms with E-state index >= 15 is 0 Å². The topological polar surface area (TPSA) is 70.8 Å². The number of nitrogens with two attached hydrogens (primary N) is 1. The summed E-state index contributed by atoms with van der Waals surface area (Å²) >= 11 is 3.32. The Kier molecular flexibility index (Phi) is 3.02. The Balaban J connectivity index is 2.38. The van der Waals surface area contributed by atoms with Gasteiger partial charge in [0.25, 0.3) is 0 Å². The van der Waals surface area contributed by atoms with E-state index in [9.17, 15) is 4.79 Å². The highest BCUT2D eigenvalue weighted by Crippen LogP contribution is 2.38. The van der Waals surface area contributed by atoms with Crippen molar-refractivity contribution < 1.29 is 19.0 Å². The molecule has 2 N–H and O–H groups in total. The highest BCUT2D eigenvalue weighted by atomic mass is 79.9. The van der Waals surface area contributed by atoms with E-state index in [4.69, 9.17) is 15.2 Å². The number of methoxy groups -OCH3 is 1. The standard InChI is InChI=1S/C10H10BrNO4/c1-14-10(13)9(12)5-2-7-8(3-6(5)11)16-4-15-7/h2-3,9H,4,12H2,1H3/t9-/m0/s1. The third-order valence-corrected chi connectivity index (χ3v) is 2.97. The monoisotopic (exact) mass is 287 g/mol. The second-order valence-corrected chi connectivity index (χ2v) is 4.08. The summed E-state index contributed by atoms with van der Waals surface area (Å²) in [7, 11) is 1.29. The molecule has 1 aromatic carbocycles. The molecule has 0 saturated carbocycles. The van der Waals surface area contributed by atoms with Crippen molar-refractivity contribution in [2.24, 2.45) is 5.73 Å². The number of halogens is 1. The fourth-order valence-electron chi connectivity index (χ4n) is 1.43. The number of carbonyl (C=O) groups is 1. The lowest BCUT2D eigenvalue weighted by Crippen LogP contribution is -2.22. The molecule has 0 bridgehead atoms. The Labute approximate surface area is 101 Å². The van der Waals surface area contributed by atoms with Crippen LogP contribution in [-0.2, 0) is 9.53 Å². The van der Waals surface area contributed by atoms with Crippen LogP contribution in [0.25, 0.3) is 0 Å². The predicted octanol–water partition coefficient (Wildman–Crippen LogP) is 1.35. The predicted molar refractivity (Wildman–Crippen MR) is 59.2 cm³/mol. The lowest BCUT2D eigenvalue weighted by molar-refractivity contribution is -0.142. The molecular formula is C10H10BrNO4. The van der Waals surface area contributed by atoms with Gasteiger partial charge in [-0.2, -0.15) is 0 Å². The molecule has 0 spiro atoms. The summed E-state index contributed by atoms with van der Waals surface area (Å²) < 4.78 is 15.7. The first kappa shape index (κ1) is 11.2. The zero-order chi connectivity index (χ0) is 11.7. The van der Waals surface area contributed by atoms with Gasteiger partial charge in [0.1, 0.15) is 6.04 Å². The molecule has 1 aromatic rings. The lowest BCUT2D eigenvalue weighted by Gasteiger charge is -2.12. The minimum atomic E-state index is -0.839. The van der Waals surface area contributed by atoms with Crippen molar-refractivity contribution in [1.82, 2.24) is 0 Å². The molecule has 0 unspecified atom stereocenters. The van der Waals surface area contributed by atoms with Crippen molar-refractivity contribution in [3.63, 3.8) is 0 Å². The summed E-state index contributed by atoms with van der Waals surface area (Å²) in [5.74, 6) is 0.713. The summed E-state index contributed by atoms with van der Waals surface area (Å²) in [5.41, 5.74) is 6.35. The van der Waals surface area contributed by atoms with Gasteiger partial charge >= 0.3 is 5.97 Å². The minimum Gasteiger partial charge on any atom is -0.468 e. The number of ether oxygens (including phenoxy) is 3. The summed E-state index contributed by atoms with van der Waals surface area (Å²) in [5, 5.41) is 0. The van der Waals surface area contributed by atoms with Crippen LogP contribution < -0.4 is 15.2 Å². The summed E-state index contributed by atoms with van der Waals surface area (Å²) in [6.07, 6.45) is 0. The molecule has 86 valence electrons. The first-order chi connectivity index (χ1) is 7.63. The minimum absolute atomic E-state index is 0.179. The summed E-state index contributed by atoms with van der Waals surface area (Å²) in [6, 6.07) is 2.56. The van der Waals surface area contributed by atoms with Crippen molar-refractivity contribution in [3.8, 4) is 11.5 Å². The number of benzene rings is 1. The van der Waals surface area contributed by atoms with Gasteiger partial charge in [0.05, 0.1) is 7.11 Å². The Bertz CT molecular complexity index is 435. The van der Waals surface area contributed by atoms with E-state index in [-0.39, 0.29) is 6.79 Å². The Hall–Kier alpha value is -1.27. The molecule has 6 heteroatoms. The molecule has 0 amide bonds. The van der Waals surface area contributed by atoms with Crippen LogP contribution in [0.1, 0.15) is 11.6 Å². The van der Waals surface area contributed by atoms with E-state index in [1.54, 1.807) is 12.1 Å². The number of carbonyl (C=O) groups excluding carboxylic acids is 1. The zero-order valence-electron chi connectivity index (χ0n) is 8.53. The first-order valence-electron chi connectivity index (χ1n) is 4.56. The van der Waals surface area contributed by atoms with Crippen LogP contribution >= 0.6 is 15.9 Å². The van der Waals surface area contributed by atoms with Crippen LogP contribution in [-0.4, -0.2) is 19.9 Å². The maximum atomic E-state index is 11.3. The zero-order valence-corrected chi connectivity index (χ0v) is 10.1. The number of esters is 1. The van der Waals surface area contributed by atoms with E-state index < -0.39 is 12.0 Å². The van der Waals surface area contributed by atoms with Gasteiger partial charge in [0, 0.05) is 4.47 Å². The van der Waals surface area contributed by atoms with E-state index in [1.807, 2.05) is 0 Å². The number of fused-ring (bicyclic) bond motifs is 1. The van der Waals surface area contributed by atoms with Gasteiger partial charge in [-0.15, -0.1) is 0 Å². The molecular weight excluding hydrogens is 278 g/mol. The van der Waals surface area contributed by atoms with Crippen LogP contribution in [0, 0.1) is 0 Å². The largest absolute Gasteiger partial charge is 0.468 e. The average Bonchev–Trinajstić information content (AvgIpc) is 2.72. The summed E-state index contributed by atoms with van der Waals surface area (Å²) in [6.45, 7) is 0.179. The average molecular weight is 288 g/mol. The van der Waals surface area contributed by atoms with E-state index in [0.717, 1.165) is 0 Å². The Morgan fingerprint density at radius 1 is 1.50 bits per heavy atom. The second kappa shape index (κ2) is 4.31. The smallest absolute Gasteiger partial charge is 0.327 e. The molecule has 1 atom stereocenters. The van der Waals surface area contributed by atoms with Crippen molar-refractivity contribution in [2.45, 2.75) is 6.04 Å². The lowest BCUT2D eigenvalue weighted by atomic mass is 10.1. The molecule has 0 aliphatic carbocycles. The van der Waals surface area contributed by atoms with Gasteiger partial charge in [-0.1, -0.05) is 15.9 Å². The van der Waals surface area contributed by atoms with Gasteiger partial charge in [-0.3, -0.25) is 4.79 Å². The highest BCUT2D eigenvalue weighted by Gasteiger charge is 2.23. The maximum Gasteiger partial charge on any atom is 0.327 e. The van der Waals surface area contributed by atoms with Crippen LogP contribution in [0.5, 0.6) is 11.5 Å². The SMILES string of the molecule is COC(=O)[C@@H](N)c1cc2c(cc1Br)OCO2. The van der Waals surface area contributed by atoms with Crippen LogP contribution in [0.3, 0.4) is 0 Å². The molecule has 1 aliphatic heterocycles. The fraction of sp³-hybridized carbons (Fsp3) is 0.300. The molecule has 0 fully saturated rings. The van der Waals surface area contributed by atoms with Crippen LogP contribution in [0.2, 0.25) is 0 Å². The molecule has 16 heavy (non-hydrogen) atoms. The molecule has 0 aromatic heterocycles. The Morgan fingerprint density at radius 3 is 2.75 bits per heavy atom. The number of hydrogen-bond acceptors (Lipinski definition) is 5. The van der Waals surface area contributed by atoms with Crippen molar-refractivity contribution >= 4 is 21.9 Å². The number of hydrogen-bond donors (Lipinski definition) is 1. The maximum absolute atomic E-state index is 11.3. The normalized spacial score (nSPS) is 14.7. The summed E-state index contributed by atoms with van der Waals surface area (Å²) in [4.78, 5) is 11.3.